The maximum atomic E-state index is 12.5. The summed E-state index contributed by atoms with van der Waals surface area (Å²) in [7, 11) is 0. The van der Waals surface area contributed by atoms with Crippen LogP contribution in [0, 0.1) is 25.2 Å². The summed E-state index contributed by atoms with van der Waals surface area (Å²) in [6, 6.07) is 0. The van der Waals surface area contributed by atoms with E-state index in [1.54, 1.807) is 0 Å². The number of anilines is 1. The van der Waals surface area contributed by atoms with Gasteiger partial charge in [-0.1, -0.05) is 0 Å². The van der Waals surface area contributed by atoms with Crippen LogP contribution in [0.4, 0.5) is 5.00 Å². The number of aliphatic hydroxyl groups excluding tert-OH is 1. The Bertz CT molecular complexity index is 615. The number of rotatable bonds is 6. The number of aryl methyl sites for hydroxylation is 1. The lowest BCUT2D eigenvalue weighted by molar-refractivity contribution is -0.117. The Morgan fingerprint density at radius 1 is 1.32 bits per heavy atom. The minimum absolute atomic E-state index is 0.0179. The fraction of sp³-hybridized carbons (Fsp3) is 0.625. The molecule has 0 aromatic carbocycles. The van der Waals surface area contributed by atoms with E-state index in [1.165, 1.54) is 11.3 Å². The number of hydrogen-bond donors (Lipinski definition) is 3. The van der Waals surface area contributed by atoms with Crippen LogP contribution < -0.4 is 10.6 Å². The van der Waals surface area contributed by atoms with Crippen molar-refractivity contribution in [1.82, 2.24) is 5.32 Å². The molecule has 3 N–H and O–H groups in total. The molecule has 2 fully saturated rings. The number of aliphatic hydroxyl groups is 1. The van der Waals surface area contributed by atoms with Gasteiger partial charge >= 0.3 is 0 Å². The van der Waals surface area contributed by atoms with E-state index >= 15 is 0 Å². The number of thiophene rings is 1. The van der Waals surface area contributed by atoms with Crippen LogP contribution in [-0.4, -0.2) is 30.1 Å². The van der Waals surface area contributed by atoms with E-state index in [1.807, 2.05) is 13.8 Å². The van der Waals surface area contributed by atoms with Gasteiger partial charge in [0.2, 0.25) is 5.91 Å². The fourth-order valence-electron chi connectivity index (χ4n) is 2.47. The molecule has 0 unspecified atom stereocenters. The van der Waals surface area contributed by atoms with Crippen molar-refractivity contribution in [3.05, 3.63) is 16.0 Å². The van der Waals surface area contributed by atoms with Gasteiger partial charge in [-0.15, -0.1) is 11.3 Å². The van der Waals surface area contributed by atoms with Gasteiger partial charge in [0.05, 0.1) is 12.2 Å². The van der Waals surface area contributed by atoms with Crippen molar-refractivity contribution in [1.29, 1.82) is 0 Å². The van der Waals surface area contributed by atoms with Crippen molar-refractivity contribution < 1.29 is 14.7 Å². The van der Waals surface area contributed by atoms with Crippen LogP contribution in [-0.2, 0) is 4.79 Å². The quantitative estimate of drug-likeness (QED) is 0.751. The smallest absolute Gasteiger partial charge is 0.254 e. The molecule has 0 radical (unpaired) electrons. The Morgan fingerprint density at radius 2 is 2.00 bits per heavy atom. The molecular formula is C16H22N2O3S. The molecule has 2 aliphatic rings. The Labute approximate surface area is 134 Å². The lowest BCUT2D eigenvalue weighted by atomic mass is 10.1. The molecule has 1 aromatic rings. The highest BCUT2D eigenvalue weighted by atomic mass is 32.1. The lowest BCUT2D eigenvalue weighted by Gasteiger charge is -2.13. The fourth-order valence-corrected chi connectivity index (χ4v) is 3.53. The van der Waals surface area contributed by atoms with Gasteiger partial charge in [-0.2, -0.15) is 0 Å². The standard InChI is InChI=1S/C16H22N2O3S/c1-9-10(2)22-15(18-13(20)11-3-4-11)12(9)14(21)17-7-16(8-19)5-6-16/h11,19H,3-8H2,1-2H3,(H,17,21)(H,18,20). The first-order valence-electron chi connectivity index (χ1n) is 7.76. The van der Waals surface area contributed by atoms with Crippen molar-refractivity contribution in [3.63, 3.8) is 0 Å². The first-order valence-corrected chi connectivity index (χ1v) is 8.57. The van der Waals surface area contributed by atoms with Crippen LogP contribution in [0.2, 0.25) is 0 Å². The molecule has 22 heavy (non-hydrogen) atoms. The van der Waals surface area contributed by atoms with Crippen molar-refractivity contribution in [3.8, 4) is 0 Å². The summed E-state index contributed by atoms with van der Waals surface area (Å²) in [4.78, 5) is 25.5. The Hall–Kier alpha value is -1.40. The highest BCUT2D eigenvalue weighted by Gasteiger charge is 2.42. The maximum absolute atomic E-state index is 12.5. The summed E-state index contributed by atoms with van der Waals surface area (Å²) >= 11 is 1.46. The van der Waals surface area contributed by atoms with Gasteiger partial charge in [0, 0.05) is 22.8 Å². The van der Waals surface area contributed by atoms with E-state index in [4.69, 9.17) is 0 Å². The van der Waals surface area contributed by atoms with Crippen LogP contribution >= 0.6 is 11.3 Å². The molecule has 1 aromatic heterocycles. The molecule has 120 valence electrons. The van der Waals surface area contributed by atoms with E-state index in [2.05, 4.69) is 10.6 Å². The topological polar surface area (TPSA) is 78.4 Å². The number of carbonyl (C=O) groups is 2. The molecule has 0 saturated heterocycles. The van der Waals surface area contributed by atoms with Crippen LogP contribution in [0.15, 0.2) is 0 Å². The SMILES string of the molecule is Cc1sc(NC(=O)C2CC2)c(C(=O)NCC2(CO)CC2)c1C. The zero-order valence-electron chi connectivity index (χ0n) is 13.0. The zero-order chi connectivity index (χ0) is 15.9. The van der Waals surface area contributed by atoms with Gasteiger partial charge in [0.25, 0.3) is 5.91 Å². The van der Waals surface area contributed by atoms with Gasteiger partial charge in [-0.05, 0) is 45.1 Å². The van der Waals surface area contributed by atoms with Gasteiger partial charge < -0.3 is 15.7 Å². The second-order valence-corrected chi connectivity index (χ2v) is 7.82. The van der Waals surface area contributed by atoms with Crippen molar-refractivity contribution in [2.45, 2.75) is 39.5 Å². The van der Waals surface area contributed by atoms with Crippen LogP contribution in [0.25, 0.3) is 0 Å². The normalized spacial score (nSPS) is 18.9. The Morgan fingerprint density at radius 3 is 2.55 bits per heavy atom. The number of nitrogens with one attached hydrogen (secondary N) is 2. The summed E-state index contributed by atoms with van der Waals surface area (Å²) in [6.07, 6.45) is 3.79. The summed E-state index contributed by atoms with van der Waals surface area (Å²) in [6.45, 7) is 4.47. The summed E-state index contributed by atoms with van der Waals surface area (Å²) in [5.41, 5.74) is 1.37. The average Bonchev–Trinajstić information content (AvgIpc) is 3.38. The van der Waals surface area contributed by atoms with Crippen molar-refractivity contribution in [2.24, 2.45) is 11.3 Å². The highest BCUT2D eigenvalue weighted by molar-refractivity contribution is 7.16. The summed E-state index contributed by atoms with van der Waals surface area (Å²) in [5, 5.41) is 15.8. The molecule has 3 rings (SSSR count). The molecule has 0 aliphatic heterocycles. The third-order valence-corrected chi connectivity index (χ3v) is 5.84. The molecule has 2 aliphatic carbocycles. The number of hydrogen-bond acceptors (Lipinski definition) is 4. The zero-order valence-corrected chi connectivity index (χ0v) is 13.8. The molecular weight excluding hydrogens is 300 g/mol. The first kappa shape index (κ1) is 15.5. The molecule has 5 nitrogen and oxygen atoms in total. The van der Waals surface area contributed by atoms with E-state index in [-0.39, 0.29) is 29.8 Å². The third kappa shape index (κ3) is 3.03. The van der Waals surface area contributed by atoms with Crippen LogP contribution in [0.5, 0.6) is 0 Å². The van der Waals surface area contributed by atoms with Crippen molar-refractivity contribution in [2.75, 3.05) is 18.5 Å². The predicted octanol–water partition coefficient (Wildman–Crippen LogP) is 2.22. The summed E-state index contributed by atoms with van der Waals surface area (Å²) < 4.78 is 0. The Balaban J connectivity index is 1.73. The number of amides is 2. The molecule has 0 bridgehead atoms. The Kier molecular flexibility index (Phi) is 3.99. The second-order valence-electron chi connectivity index (χ2n) is 6.59. The molecule has 0 spiro atoms. The first-order chi connectivity index (χ1) is 10.5. The van der Waals surface area contributed by atoms with Gasteiger partial charge in [0.1, 0.15) is 5.00 Å². The largest absolute Gasteiger partial charge is 0.396 e. The average molecular weight is 322 g/mol. The van der Waals surface area contributed by atoms with Crippen molar-refractivity contribution >= 4 is 28.2 Å². The van der Waals surface area contributed by atoms with Gasteiger partial charge in [-0.3, -0.25) is 9.59 Å². The predicted molar refractivity (Wildman–Crippen MR) is 86.2 cm³/mol. The third-order valence-electron chi connectivity index (χ3n) is 4.71. The van der Waals surface area contributed by atoms with Gasteiger partial charge in [-0.25, -0.2) is 0 Å². The van der Waals surface area contributed by atoms with E-state index in [0.717, 1.165) is 36.1 Å². The highest BCUT2D eigenvalue weighted by Crippen LogP contribution is 2.44. The van der Waals surface area contributed by atoms with E-state index in [0.29, 0.717) is 17.1 Å². The molecule has 2 amide bonds. The minimum atomic E-state index is -0.160. The van der Waals surface area contributed by atoms with Crippen LogP contribution in [0.1, 0.15) is 46.5 Å². The van der Waals surface area contributed by atoms with Crippen LogP contribution in [0.3, 0.4) is 0 Å². The van der Waals surface area contributed by atoms with E-state index < -0.39 is 0 Å². The maximum Gasteiger partial charge on any atom is 0.254 e. The number of carbonyl (C=O) groups excluding carboxylic acids is 2. The molecule has 0 atom stereocenters. The molecule has 2 saturated carbocycles. The molecule has 1 heterocycles. The second kappa shape index (κ2) is 5.66. The van der Waals surface area contributed by atoms with Gasteiger partial charge in [0.15, 0.2) is 0 Å². The van der Waals surface area contributed by atoms with E-state index in [9.17, 15) is 14.7 Å². The monoisotopic (exact) mass is 322 g/mol. The minimum Gasteiger partial charge on any atom is -0.396 e. The summed E-state index contributed by atoms with van der Waals surface area (Å²) in [5.74, 6) is -0.0280. The molecule has 6 heteroatoms. The lowest BCUT2D eigenvalue weighted by Crippen LogP contribution is -2.32.